The Hall–Kier alpha value is -1.42. The van der Waals surface area contributed by atoms with Crippen molar-refractivity contribution in [2.75, 3.05) is 38.8 Å². The number of benzene rings is 1. The largest absolute Gasteiger partial charge is 0.497 e. The fourth-order valence-corrected chi connectivity index (χ4v) is 2.29. The Morgan fingerprint density at radius 3 is 2.76 bits per heavy atom. The van der Waals surface area contributed by atoms with Crippen LogP contribution in [0.15, 0.2) is 18.2 Å². The Bertz CT molecular complexity index is 382. The summed E-state index contributed by atoms with van der Waals surface area (Å²) in [6.45, 7) is 2.79. The van der Waals surface area contributed by atoms with Crippen LogP contribution in [0, 0.1) is 5.92 Å². The molecule has 94 valence electrons. The monoisotopic (exact) mass is 236 g/mol. The van der Waals surface area contributed by atoms with Gasteiger partial charge in [-0.3, -0.25) is 0 Å². The van der Waals surface area contributed by atoms with Gasteiger partial charge in [0.05, 0.1) is 19.9 Å². The quantitative estimate of drug-likeness (QED) is 0.860. The first-order valence-corrected chi connectivity index (χ1v) is 5.95. The van der Waals surface area contributed by atoms with Gasteiger partial charge >= 0.3 is 0 Å². The molecule has 0 spiro atoms. The summed E-state index contributed by atoms with van der Waals surface area (Å²) in [5.74, 6) is 2.34. The Morgan fingerprint density at radius 2 is 2.18 bits per heavy atom. The van der Waals surface area contributed by atoms with Crippen LogP contribution in [0.25, 0.3) is 0 Å². The summed E-state index contributed by atoms with van der Waals surface area (Å²) < 4.78 is 10.7. The van der Waals surface area contributed by atoms with Gasteiger partial charge in [0.15, 0.2) is 0 Å². The van der Waals surface area contributed by atoms with Crippen molar-refractivity contribution in [3.05, 3.63) is 18.2 Å². The Morgan fingerprint density at radius 1 is 1.35 bits per heavy atom. The van der Waals surface area contributed by atoms with E-state index in [9.17, 15) is 0 Å². The van der Waals surface area contributed by atoms with Crippen LogP contribution in [0.4, 0.5) is 5.69 Å². The number of hydrogen-bond acceptors (Lipinski definition) is 4. The molecule has 1 aliphatic rings. The first-order chi connectivity index (χ1) is 8.28. The second kappa shape index (κ2) is 5.27. The van der Waals surface area contributed by atoms with Gasteiger partial charge in [-0.15, -0.1) is 0 Å². The third-order valence-corrected chi connectivity index (χ3v) is 3.35. The van der Waals surface area contributed by atoms with E-state index in [1.807, 2.05) is 18.2 Å². The standard InChI is InChI=1S/C13H20N2O2/c1-16-11-3-4-13(17-2)12(7-11)15-6-5-10(8-14)9-15/h3-4,7,10H,5-6,8-9,14H2,1-2H3. The first kappa shape index (κ1) is 12.0. The summed E-state index contributed by atoms with van der Waals surface area (Å²) in [5, 5.41) is 0. The third kappa shape index (κ3) is 2.47. The van der Waals surface area contributed by atoms with Crippen molar-refractivity contribution < 1.29 is 9.47 Å². The highest BCUT2D eigenvalue weighted by atomic mass is 16.5. The molecule has 2 N–H and O–H groups in total. The molecule has 0 aromatic heterocycles. The van der Waals surface area contributed by atoms with Crippen molar-refractivity contribution in [2.45, 2.75) is 6.42 Å². The molecule has 1 aromatic carbocycles. The van der Waals surface area contributed by atoms with Crippen molar-refractivity contribution in [1.82, 2.24) is 0 Å². The molecule has 1 fully saturated rings. The van der Waals surface area contributed by atoms with Gasteiger partial charge < -0.3 is 20.1 Å². The molecule has 17 heavy (non-hydrogen) atoms. The molecule has 0 aliphatic carbocycles. The van der Waals surface area contributed by atoms with Crippen LogP contribution in [0.5, 0.6) is 11.5 Å². The van der Waals surface area contributed by atoms with Crippen molar-refractivity contribution in [3.63, 3.8) is 0 Å². The third-order valence-electron chi connectivity index (χ3n) is 3.35. The molecule has 0 amide bonds. The average Bonchev–Trinajstić information content (AvgIpc) is 2.86. The van der Waals surface area contributed by atoms with Crippen LogP contribution in [-0.2, 0) is 0 Å². The summed E-state index contributed by atoms with van der Waals surface area (Å²) in [6.07, 6.45) is 1.15. The molecule has 4 nitrogen and oxygen atoms in total. The SMILES string of the molecule is COc1ccc(OC)c(N2CCC(CN)C2)c1. The van der Waals surface area contributed by atoms with Crippen LogP contribution in [0.2, 0.25) is 0 Å². The molecular weight excluding hydrogens is 216 g/mol. The number of methoxy groups -OCH3 is 2. The molecule has 4 heteroatoms. The van der Waals surface area contributed by atoms with E-state index >= 15 is 0 Å². The van der Waals surface area contributed by atoms with Crippen molar-refractivity contribution in [2.24, 2.45) is 11.7 Å². The zero-order valence-electron chi connectivity index (χ0n) is 10.5. The number of rotatable bonds is 4. The summed E-state index contributed by atoms with van der Waals surface area (Å²) in [5.41, 5.74) is 6.82. The zero-order valence-corrected chi connectivity index (χ0v) is 10.5. The fraction of sp³-hybridized carbons (Fsp3) is 0.538. The first-order valence-electron chi connectivity index (χ1n) is 5.95. The lowest BCUT2D eigenvalue weighted by atomic mass is 10.1. The van der Waals surface area contributed by atoms with Gasteiger partial charge in [-0.1, -0.05) is 0 Å². The lowest BCUT2D eigenvalue weighted by Crippen LogP contribution is -2.23. The fourth-order valence-electron chi connectivity index (χ4n) is 2.29. The lowest BCUT2D eigenvalue weighted by Gasteiger charge is -2.21. The maximum Gasteiger partial charge on any atom is 0.142 e. The minimum atomic E-state index is 0.589. The number of nitrogens with two attached hydrogens (primary N) is 1. The van der Waals surface area contributed by atoms with E-state index in [2.05, 4.69) is 4.90 Å². The molecule has 2 rings (SSSR count). The molecule has 0 radical (unpaired) electrons. The second-order valence-corrected chi connectivity index (χ2v) is 4.37. The molecule has 1 aliphatic heterocycles. The summed E-state index contributed by atoms with van der Waals surface area (Å²) in [6, 6.07) is 5.89. The zero-order chi connectivity index (χ0) is 12.3. The smallest absolute Gasteiger partial charge is 0.142 e. The van der Waals surface area contributed by atoms with Crippen LogP contribution in [0.1, 0.15) is 6.42 Å². The van der Waals surface area contributed by atoms with E-state index in [4.69, 9.17) is 15.2 Å². The van der Waals surface area contributed by atoms with Crippen LogP contribution in [-0.4, -0.2) is 33.9 Å². The van der Waals surface area contributed by atoms with E-state index < -0.39 is 0 Å². The van der Waals surface area contributed by atoms with E-state index in [0.29, 0.717) is 5.92 Å². The average molecular weight is 236 g/mol. The predicted octanol–water partition coefficient (Wildman–Crippen LogP) is 1.49. The molecule has 1 saturated heterocycles. The minimum absolute atomic E-state index is 0.589. The molecule has 0 bridgehead atoms. The molecule has 1 aromatic rings. The van der Waals surface area contributed by atoms with Gasteiger partial charge in [0, 0.05) is 19.2 Å². The molecular formula is C13H20N2O2. The lowest BCUT2D eigenvalue weighted by molar-refractivity contribution is 0.403. The molecule has 1 atom stereocenters. The molecule has 1 unspecified atom stereocenters. The maximum atomic E-state index is 5.72. The van der Waals surface area contributed by atoms with E-state index in [-0.39, 0.29) is 0 Å². The highest BCUT2D eigenvalue weighted by molar-refractivity contribution is 5.62. The van der Waals surface area contributed by atoms with Crippen LogP contribution in [0.3, 0.4) is 0 Å². The number of ether oxygens (including phenoxy) is 2. The maximum absolute atomic E-state index is 5.72. The van der Waals surface area contributed by atoms with Gasteiger partial charge in [0.25, 0.3) is 0 Å². The van der Waals surface area contributed by atoms with E-state index in [1.165, 1.54) is 0 Å². The van der Waals surface area contributed by atoms with Crippen molar-refractivity contribution >= 4 is 5.69 Å². The van der Waals surface area contributed by atoms with Gasteiger partial charge in [-0.2, -0.15) is 0 Å². The highest BCUT2D eigenvalue weighted by Crippen LogP contribution is 2.35. The Balaban J connectivity index is 2.24. The number of anilines is 1. The molecule has 1 heterocycles. The summed E-state index contributed by atoms with van der Waals surface area (Å²) in [7, 11) is 3.38. The van der Waals surface area contributed by atoms with Gasteiger partial charge in [0.2, 0.25) is 0 Å². The van der Waals surface area contributed by atoms with Crippen molar-refractivity contribution in [1.29, 1.82) is 0 Å². The van der Waals surface area contributed by atoms with E-state index in [0.717, 1.165) is 43.2 Å². The van der Waals surface area contributed by atoms with Gasteiger partial charge in [-0.05, 0) is 31.0 Å². The van der Waals surface area contributed by atoms with Crippen LogP contribution < -0.4 is 20.1 Å². The highest BCUT2D eigenvalue weighted by Gasteiger charge is 2.23. The summed E-state index contributed by atoms with van der Waals surface area (Å²) >= 11 is 0. The summed E-state index contributed by atoms with van der Waals surface area (Å²) in [4.78, 5) is 2.32. The number of nitrogens with zero attached hydrogens (tertiary/aromatic N) is 1. The number of hydrogen-bond donors (Lipinski definition) is 1. The van der Waals surface area contributed by atoms with Crippen LogP contribution >= 0.6 is 0 Å². The minimum Gasteiger partial charge on any atom is -0.497 e. The Labute approximate surface area is 102 Å². The second-order valence-electron chi connectivity index (χ2n) is 4.37. The van der Waals surface area contributed by atoms with Crippen molar-refractivity contribution in [3.8, 4) is 11.5 Å². The topological polar surface area (TPSA) is 47.7 Å². The van der Waals surface area contributed by atoms with Gasteiger partial charge in [0.1, 0.15) is 11.5 Å². The van der Waals surface area contributed by atoms with E-state index in [1.54, 1.807) is 14.2 Å². The normalized spacial score (nSPS) is 19.5. The van der Waals surface area contributed by atoms with Gasteiger partial charge in [-0.25, -0.2) is 0 Å². The predicted molar refractivity (Wildman–Crippen MR) is 68.9 cm³/mol. The molecule has 0 saturated carbocycles. The Kier molecular flexibility index (Phi) is 3.74.